The second-order valence-electron chi connectivity index (χ2n) is 9.66. The summed E-state index contributed by atoms with van der Waals surface area (Å²) in [4.78, 5) is 2.71. The second kappa shape index (κ2) is 8.56. The smallest absolute Gasteiger partial charge is 0.00190 e. The van der Waals surface area contributed by atoms with Gasteiger partial charge in [0.15, 0.2) is 0 Å². The monoisotopic (exact) mass is 417 g/mol. The first-order chi connectivity index (χ1) is 15.8. The van der Waals surface area contributed by atoms with Crippen molar-refractivity contribution in [3.05, 3.63) is 112 Å². The molecule has 3 aromatic rings. The minimum atomic E-state index is 0.832. The van der Waals surface area contributed by atoms with Crippen LogP contribution in [-0.2, 0) is 12.8 Å². The molecule has 0 saturated carbocycles. The maximum Gasteiger partial charge on any atom is 0.00190 e. The maximum atomic E-state index is 2.71. The third-order valence-corrected chi connectivity index (χ3v) is 7.71. The number of rotatable bonds is 3. The van der Waals surface area contributed by atoms with E-state index in [1.807, 2.05) is 0 Å². The predicted octanol–water partition coefficient (Wildman–Crippen LogP) is 6.87. The van der Waals surface area contributed by atoms with E-state index < -0.39 is 0 Å². The van der Waals surface area contributed by atoms with Crippen molar-refractivity contribution >= 4 is 17.7 Å². The van der Waals surface area contributed by atoms with Gasteiger partial charge in [0.05, 0.1) is 0 Å². The third kappa shape index (κ3) is 3.76. The van der Waals surface area contributed by atoms with Crippen molar-refractivity contribution in [1.82, 2.24) is 4.90 Å². The Morgan fingerprint density at radius 3 is 1.78 bits per heavy atom. The molecular weight excluding hydrogens is 386 g/mol. The quantitative estimate of drug-likeness (QED) is 0.351. The summed E-state index contributed by atoms with van der Waals surface area (Å²) in [5, 5.41) is 0. The van der Waals surface area contributed by atoms with Gasteiger partial charge in [-0.15, -0.1) is 0 Å². The highest BCUT2D eigenvalue weighted by molar-refractivity contribution is 5.94. The van der Waals surface area contributed by atoms with E-state index in [2.05, 4.69) is 89.8 Å². The molecule has 3 aromatic carbocycles. The van der Waals surface area contributed by atoms with Crippen LogP contribution in [0.1, 0.15) is 52.6 Å². The molecule has 1 heteroatoms. The van der Waals surface area contributed by atoms with E-state index in [9.17, 15) is 0 Å². The number of likely N-dealkylation sites (tertiary alicyclic amines) is 1. The fraction of sp³-hybridized carbons (Fsp3) is 0.290. The molecule has 32 heavy (non-hydrogen) atoms. The molecule has 0 spiro atoms. The van der Waals surface area contributed by atoms with Crippen LogP contribution >= 0.6 is 0 Å². The summed E-state index contributed by atoms with van der Waals surface area (Å²) in [6.07, 6.45) is 10.8. The van der Waals surface area contributed by atoms with Crippen molar-refractivity contribution in [2.45, 2.75) is 32.1 Å². The molecule has 0 unspecified atom stereocenters. The first kappa shape index (κ1) is 19.8. The first-order valence-corrected chi connectivity index (χ1v) is 12.2. The molecule has 0 radical (unpaired) electrons. The van der Waals surface area contributed by atoms with Crippen molar-refractivity contribution in [3.63, 3.8) is 0 Å². The molecular formula is C31H31N. The van der Waals surface area contributed by atoms with E-state index >= 15 is 0 Å². The maximum absolute atomic E-state index is 2.71. The fourth-order valence-electron chi connectivity index (χ4n) is 5.96. The number of hydrogen-bond acceptors (Lipinski definition) is 1. The Bertz CT molecular complexity index is 1110. The summed E-state index contributed by atoms with van der Waals surface area (Å²) in [7, 11) is 0. The minimum absolute atomic E-state index is 0.832. The summed E-state index contributed by atoms with van der Waals surface area (Å²) in [5.74, 6) is 0.832. The minimum Gasteiger partial charge on any atom is -0.303 e. The highest BCUT2D eigenvalue weighted by atomic mass is 15.1. The van der Waals surface area contributed by atoms with Crippen LogP contribution in [0.25, 0.3) is 17.7 Å². The van der Waals surface area contributed by atoms with E-state index in [0.29, 0.717) is 0 Å². The van der Waals surface area contributed by atoms with E-state index in [1.165, 1.54) is 79.6 Å². The molecule has 0 N–H and O–H groups in total. The lowest BCUT2D eigenvalue weighted by atomic mass is 9.86. The zero-order chi connectivity index (χ0) is 21.3. The summed E-state index contributed by atoms with van der Waals surface area (Å²) >= 11 is 0. The van der Waals surface area contributed by atoms with Gasteiger partial charge in [-0.3, -0.25) is 0 Å². The van der Waals surface area contributed by atoms with Gasteiger partial charge in [0, 0.05) is 13.1 Å². The molecule has 1 aliphatic heterocycles. The van der Waals surface area contributed by atoms with Crippen molar-refractivity contribution < 1.29 is 0 Å². The van der Waals surface area contributed by atoms with Gasteiger partial charge in [-0.2, -0.15) is 0 Å². The standard InChI is InChI=1S/C31H31N/c1-2-10-28-22-23(21-27(28)9-1)15-18-32-19-16-26(17-20-32)31-29-11-5-3-7-24(29)13-14-25-8-4-6-12-30(25)31/h1-14,23H,15-22H2. The van der Waals surface area contributed by atoms with Gasteiger partial charge in [-0.05, 0) is 83.5 Å². The number of piperidine rings is 1. The predicted molar refractivity (Wildman–Crippen MR) is 135 cm³/mol. The molecule has 1 fully saturated rings. The Hall–Kier alpha value is -2.90. The normalized spacial score (nSPS) is 18.2. The lowest BCUT2D eigenvalue weighted by molar-refractivity contribution is 0.238. The van der Waals surface area contributed by atoms with Crippen LogP contribution < -0.4 is 0 Å². The van der Waals surface area contributed by atoms with Crippen molar-refractivity contribution in [3.8, 4) is 0 Å². The molecule has 1 nitrogen and oxygen atoms in total. The number of fused-ring (bicyclic) bond motifs is 3. The van der Waals surface area contributed by atoms with Gasteiger partial charge in [0.1, 0.15) is 0 Å². The van der Waals surface area contributed by atoms with Crippen LogP contribution in [0.15, 0.2) is 78.4 Å². The number of hydrogen-bond donors (Lipinski definition) is 0. The van der Waals surface area contributed by atoms with Crippen LogP contribution in [0, 0.1) is 5.92 Å². The first-order valence-electron chi connectivity index (χ1n) is 12.2. The molecule has 3 aliphatic rings. The molecule has 160 valence electrons. The van der Waals surface area contributed by atoms with Crippen LogP contribution in [0.4, 0.5) is 0 Å². The van der Waals surface area contributed by atoms with Gasteiger partial charge in [0.2, 0.25) is 0 Å². The average Bonchev–Trinajstić information content (AvgIpc) is 3.19. The molecule has 2 aliphatic carbocycles. The highest BCUT2D eigenvalue weighted by Crippen LogP contribution is 2.39. The van der Waals surface area contributed by atoms with E-state index in [4.69, 9.17) is 0 Å². The molecule has 0 amide bonds. The lowest BCUT2D eigenvalue weighted by Crippen LogP contribution is -2.33. The van der Waals surface area contributed by atoms with Gasteiger partial charge in [-0.25, -0.2) is 0 Å². The number of benzene rings is 3. The largest absolute Gasteiger partial charge is 0.303 e. The Morgan fingerprint density at radius 1 is 0.656 bits per heavy atom. The van der Waals surface area contributed by atoms with Crippen LogP contribution in [-0.4, -0.2) is 24.5 Å². The Labute approximate surface area is 192 Å². The topological polar surface area (TPSA) is 3.24 Å². The van der Waals surface area contributed by atoms with E-state index in [0.717, 1.165) is 5.92 Å². The summed E-state index contributed by atoms with van der Waals surface area (Å²) in [5.41, 5.74) is 11.8. The zero-order valence-electron chi connectivity index (χ0n) is 18.8. The van der Waals surface area contributed by atoms with Crippen LogP contribution in [0.5, 0.6) is 0 Å². The average molecular weight is 418 g/mol. The Balaban J connectivity index is 1.18. The molecule has 1 saturated heterocycles. The molecule has 0 aromatic heterocycles. The van der Waals surface area contributed by atoms with Crippen molar-refractivity contribution in [2.75, 3.05) is 19.6 Å². The van der Waals surface area contributed by atoms with E-state index in [1.54, 1.807) is 16.7 Å². The zero-order valence-corrected chi connectivity index (χ0v) is 18.8. The molecule has 1 heterocycles. The van der Waals surface area contributed by atoms with Crippen molar-refractivity contribution in [2.24, 2.45) is 5.92 Å². The van der Waals surface area contributed by atoms with E-state index in [-0.39, 0.29) is 0 Å². The molecule has 0 atom stereocenters. The lowest BCUT2D eigenvalue weighted by Gasteiger charge is -2.31. The summed E-state index contributed by atoms with van der Waals surface area (Å²) in [6, 6.07) is 26.9. The van der Waals surface area contributed by atoms with Gasteiger partial charge in [0.25, 0.3) is 0 Å². The summed E-state index contributed by atoms with van der Waals surface area (Å²) in [6.45, 7) is 3.63. The van der Waals surface area contributed by atoms with Crippen LogP contribution in [0.2, 0.25) is 0 Å². The summed E-state index contributed by atoms with van der Waals surface area (Å²) < 4.78 is 0. The van der Waals surface area contributed by atoms with Gasteiger partial charge in [-0.1, -0.05) is 90.5 Å². The number of nitrogens with zero attached hydrogens (tertiary/aromatic N) is 1. The second-order valence-corrected chi connectivity index (χ2v) is 9.66. The van der Waals surface area contributed by atoms with Gasteiger partial charge >= 0.3 is 0 Å². The SMILES string of the molecule is C1=Cc2ccccc2C(=C2CCN(CCC3Cc4ccccc4C3)CC2)c2ccccc21. The Kier molecular flexibility index (Phi) is 5.29. The molecule has 6 rings (SSSR count). The Morgan fingerprint density at radius 2 is 1.19 bits per heavy atom. The molecule has 0 bridgehead atoms. The van der Waals surface area contributed by atoms with Crippen molar-refractivity contribution in [1.29, 1.82) is 0 Å². The third-order valence-electron chi connectivity index (χ3n) is 7.71. The van der Waals surface area contributed by atoms with Gasteiger partial charge < -0.3 is 4.90 Å². The van der Waals surface area contributed by atoms with Crippen LogP contribution in [0.3, 0.4) is 0 Å². The fourth-order valence-corrected chi connectivity index (χ4v) is 5.96. The highest BCUT2D eigenvalue weighted by Gasteiger charge is 2.24.